The second kappa shape index (κ2) is 9.35. The zero-order valence-corrected chi connectivity index (χ0v) is 19.1. The van der Waals surface area contributed by atoms with Crippen molar-refractivity contribution in [3.05, 3.63) is 95.1 Å². The molecule has 162 valence electrons. The minimum Gasteiger partial charge on any atom is -0.345 e. The topological polar surface area (TPSA) is 66.5 Å². The Morgan fingerprint density at radius 1 is 0.935 bits per heavy atom. The van der Waals surface area contributed by atoms with Crippen LogP contribution in [0.3, 0.4) is 0 Å². The van der Waals surface area contributed by atoms with E-state index < -0.39 is 10.0 Å². The highest BCUT2D eigenvalue weighted by atomic mass is 32.2. The normalized spacial score (nSPS) is 12.3. The van der Waals surface area contributed by atoms with Crippen LogP contribution in [0.15, 0.2) is 77.7 Å². The van der Waals surface area contributed by atoms with Crippen LogP contribution in [0.4, 0.5) is 5.69 Å². The summed E-state index contributed by atoms with van der Waals surface area (Å²) in [6.45, 7) is 6.11. The number of anilines is 1. The fraction of sp³-hybridized carbons (Fsp3) is 0.240. The quantitative estimate of drug-likeness (QED) is 0.566. The third kappa shape index (κ3) is 4.80. The third-order valence-corrected chi connectivity index (χ3v) is 7.32. The number of aryl methyl sites for hydroxylation is 2. The Hall–Kier alpha value is -3.12. The van der Waals surface area contributed by atoms with Crippen molar-refractivity contribution in [3.63, 3.8) is 0 Å². The highest BCUT2D eigenvalue weighted by Crippen LogP contribution is 2.27. The molecular formula is C25H28N2O3S. The average molecular weight is 437 g/mol. The van der Waals surface area contributed by atoms with Crippen LogP contribution in [-0.4, -0.2) is 21.4 Å². The molecule has 0 fully saturated rings. The molecule has 3 aromatic rings. The minimum atomic E-state index is -3.79. The van der Waals surface area contributed by atoms with Gasteiger partial charge in [-0.25, -0.2) is 8.42 Å². The van der Waals surface area contributed by atoms with Crippen LogP contribution in [0, 0.1) is 13.8 Å². The molecule has 1 unspecified atom stereocenters. The predicted molar refractivity (Wildman–Crippen MR) is 125 cm³/mol. The fourth-order valence-electron chi connectivity index (χ4n) is 3.46. The van der Waals surface area contributed by atoms with Gasteiger partial charge in [-0.05, 0) is 61.2 Å². The smallest absolute Gasteiger partial charge is 0.264 e. The van der Waals surface area contributed by atoms with Gasteiger partial charge in [0.15, 0.2) is 0 Å². The zero-order chi connectivity index (χ0) is 22.6. The van der Waals surface area contributed by atoms with Crippen molar-refractivity contribution in [1.29, 1.82) is 0 Å². The molecule has 3 aromatic carbocycles. The van der Waals surface area contributed by atoms with Crippen LogP contribution in [0.25, 0.3) is 0 Å². The maximum absolute atomic E-state index is 13.2. The molecule has 0 aliphatic carbocycles. The van der Waals surface area contributed by atoms with Crippen LogP contribution in [0.2, 0.25) is 0 Å². The van der Waals surface area contributed by atoms with Gasteiger partial charge in [-0.15, -0.1) is 0 Å². The van der Waals surface area contributed by atoms with Crippen molar-refractivity contribution in [1.82, 2.24) is 5.32 Å². The molecule has 3 rings (SSSR count). The molecule has 0 saturated heterocycles. The van der Waals surface area contributed by atoms with Gasteiger partial charge < -0.3 is 5.32 Å². The van der Waals surface area contributed by atoms with Gasteiger partial charge in [-0.1, -0.05) is 55.5 Å². The summed E-state index contributed by atoms with van der Waals surface area (Å²) in [5.74, 6) is -0.309. The predicted octanol–water partition coefficient (Wildman–Crippen LogP) is 5.01. The fourth-order valence-corrected chi connectivity index (χ4v) is 4.69. The van der Waals surface area contributed by atoms with E-state index in [0.29, 0.717) is 17.7 Å². The molecule has 0 spiro atoms. The van der Waals surface area contributed by atoms with E-state index in [1.165, 1.54) is 18.2 Å². The summed E-state index contributed by atoms with van der Waals surface area (Å²) in [7, 11) is -2.32. The number of rotatable bonds is 7. The van der Waals surface area contributed by atoms with Gasteiger partial charge in [0.25, 0.3) is 15.9 Å². The second-order valence-corrected chi connectivity index (χ2v) is 9.55. The lowest BCUT2D eigenvalue weighted by atomic mass is 9.99. The number of hydrogen-bond donors (Lipinski definition) is 1. The van der Waals surface area contributed by atoms with E-state index in [-0.39, 0.29) is 16.8 Å². The van der Waals surface area contributed by atoms with Crippen LogP contribution >= 0.6 is 0 Å². The first kappa shape index (κ1) is 22.6. The lowest BCUT2D eigenvalue weighted by molar-refractivity contribution is 0.0936. The molecule has 0 heterocycles. The van der Waals surface area contributed by atoms with E-state index >= 15 is 0 Å². The standard InChI is InChI=1S/C25H28N2O3S/c1-5-23(20-16-15-18(2)19(3)17-20)26-25(28)22-13-9-10-14-24(22)27(4)31(29,30)21-11-7-6-8-12-21/h6-17,23H,5H2,1-4H3,(H,26,28). The van der Waals surface area contributed by atoms with E-state index in [9.17, 15) is 13.2 Å². The Bertz CT molecular complexity index is 1170. The zero-order valence-electron chi connectivity index (χ0n) is 18.3. The number of sulfonamides is 1. The van der Waals surface area contributed by atoms with Crippen LogP contribution in [0.5, 0.6) is 0 Å². The molecule has 5 nitrogen and oxygen atoms in total. The Kier molecular flexibility index (Phi) is 6.81. The average Bonchev–Trinajstić information content (AvgIpc) is 2.79. The lowest BCUT2D eigenvalue weighted by Gasteiger charge is -2.24. The van der Waals surface area contributed by atoms with Crippen molar-refractivity contribution in [2.75, 3.05) is 11.4 Å². The Morgan fingerprint density at radius 2 is 1.58 bits per heavy atom. The van der Waals surface area contributed by atoms with Gasteiger partial charge in [-0.3, -0.25) is 9.10 Å². The van der Waals surface area contributed by atoms with Crippen molar-refractivity contribution >= 4 is 21.6 Å². The van der Waals surface area contributed by atoms with E-state index in [4.69, 9.17) is 0 Å². The Labute approximate surface area is 184 Å². The molecule has 1 amide bonds. The Balaban J connectivity index is 1.91. The molecule has 0 radical (unpaired) electrons. The summed E-state index contributed by atoms with van der Waals surface area (Å²) < 4.78 is 27.3. The van der Waals surface area contributed by atoms with E-state index in [1.807, 2.05) is 26.0 Å². The first-order chi connectivity index (χ1) is 14.8. The van der Waals surface area contributed by atoms with Crippen LogP contribution < -0.4 is 9.62 Å². The summed E-state index contributed by atoms with van der Waals surface area (Å²) in [5.41, 5.74) is 4.04. The maximum Gasteiger partial charge on any atom is 0.264 e. The monoisotopic (exact) mass is 436 g/mol. The number of nitrogens with one attached hydrogen (secondary N) is 1. The first-order valence-electron chi connectivity index (χ1n) is 10.3. The molecular weight excluding hydrogens is 408 g/mol. The van der Waals surface area contributed by atoms with Crippen molar-refractivity contribution in [2.45, 2.75) is 38.1 Å². The van der Waals surface area contributed by atoms with Crippen LogP contribution in [0.1, 0.15) is 46.4 Å². The molecule has 31 heavy (non-hydrogen) atoms. The van der Waals surface area contributed by atoms with Crippen molar-refractivity contribution in [3.8, 4) is 0 Å². The molecule has 0 bridgehead atoms. The molecule has 1 atom stereocenters. The van der Waals surface area contributed by atoms with Gasteiger partial charge in [0.2, 0.25) is 0 Å². The largest absolute Gasteiger partial charge is 0.345 e. The molecule has 0 aliphatic heterocycles. The molecule has 1 N–H and O–H groups in total. The van der Waals surface area contributed by atoms with Gasteiger partial charge in [-0.2, -0.15) is 0 Å². The SMILES string of the molecule is CCC(NC(=O)c1ccccc1N(C)S(=O)(=O)c1ccccc1)c1ccc(C)c(C)c1. The molecule has 6 heteroatoms. The van der Waals surface area contributed by atoms with E-state index in [1.54, 1.807) is 54.6 Å². The highest BCUT2D eigenvalue weighted by Gasteiger charge is 2.25. The number of carbonyl (C=O) groups excluding carboxylic acids is 1. The van der Waals surface area contributed by atoms with Crippen molar-refractivity contribution < 1.29 is 13.2 Å². The number of benzene rings is 3. The van der Waals surface area contributed by atoms with Gasteiger partial charge >= 0.3 is 0 Å². The summed E-state index contributed by atoms with van der Waals surface area (Å²) in [5, 5.41) is 3.07. The number of para-hydroxylation sites is 1. The Morgan fingerprint density at radius 3 is 2.23 bits per heavy atom. The third-order valence-electron chi connectivity index (χ3n) is 5.54. The summed E-state index contributed by atoms with van der Waals surface area (Å²) >= 11 is 0. The number of nitrogens with zero attached hydrogens (tertiary/aromatic N) is 1. The molecule has 0 aliphatic rings. The molecule has 0 aromatic heterocycles. The summed E-state index contributed by atoms with van der Waals surface area (Å²) in [4.78, 5) is 13.4. The first-order valence-corrected chi connectivity index (χ1v) is 11.7. The highest BCUT2D eigenvalue weighted by molar-refractivity contribution is 7.92. The van der Waals surface area contributed by atoms with E-state index in [0.717, 1.165) is 9.87 Å². The van der Waals surface area contributed by atoms with E-state index in [2.05, 4.69) is 18.3 Å². The van der Waals surface area contributed by atoms with Crippen LogP contribution in [-0.2, 0) is 10.0 Å². The number of carbonyl (C=O) groups is 1. The molecule has 0 saturated carbocycles. The minimum absolute atomic E-state index is 0.170. The van der Waals surface area contributed by atoms with Gasteiger partial charge in [0.05, 0.1) is 22.2 Å². The van der Waals surface area contributed by atoms with Gasteiger partial charge in [0, 0.05) is 7.05 Å². The number of hydrogen-bond acceptors (Lipinski definition) is 3. The maximum atomic E-state index is 13.2. The second-order valence-electron chi connectivity index (χ2n) is 7.58. The van der Waals surface area contributed by atoms with Crippen molar-refractivity contribution in [2.24, 2.45) is 0 Å². The number of amides is 1. The summed E-state index contributed by atoms with van der Waals surface area (Å²) in [6, 6.07) is 20.9. The van der Waals surface area contributed by atoms with Gasteiger partial charge in [0.1, 0.15) is 0 Å². The lowest BCUT2D eigenvalue weighted by Crippen LogP contribution is -2.32. The summed E-state index contributed by atoms with van der Waals surface area (Å²) in [6.07, 6.45) is 0.717.